The van der Waals surface area contributed by atoms with Crippen molar-refractivity contribution in [1.82, 2.24) is 0 Å². The molecule has 1 aliphatic rings. The molecule has 3 nitrogen and oxygen atoms in total. The van der Waals surface area contributed by atoms with Crippen LogP contribution < -0.4 is 4.74 Å². The number of rotatable bonds is 2. The predicted octanol–water partition coefficient (Wildman–Crippen LogP) is 3.57. The van der Waals surface area contributed by atoms with Gasteiger partial charge in [0.05, 0.1) is 13.2 Å². The molecule has 104 valence electrons. The molecule has 3 rings (SSSR count). The minimum Gasteiger partial charge on any atom is -0.492 e. The molecule has 0 saturated heterocycles. The van der Waals surface area contributed by atoms with Gasteiger partial charge in [-0.15, -0.1) is 11.8 Å². The van der Waals surface area contributed by atoms with Crippen LogP contribution in [0.1, 0.15) is 17.7 Å². The highest BCUT2D eigenvalue weighted by atomic mass is 32.2. The van der Waals surface area contributed by atoms with E-state index in [-0.39, 0.29) is 11.2 Å². The van der Waals surface area contributed by atoms with E-state index in [1.54, 1.807) is 11.8 Å². The smallest absolute Gasteiger partial charge is 0.323 e. The molecular weight excluding hydrogens is 272 g/mol. The average Bonchev–Trinajstić information content (AvgIpc) is 2.70. The van der Waals surface area contributed by atoms with Gasteiger partial charge in [-0.05, 0) is 12.3 Å². The van der Waals surface area contributed by atoms with Crippen LogP contribution in [-0.4, -0.2) is 24.9 Å². The summed E-state index contributed by atoms with van der Waals surface area (Å²) in [4.78, 5) is 12.2. The Balaban J connectivity index is 2.12. The SMILES string of the molecule is CCOC(=O)C1SCCOc2c1ccc1ccccc21. The Morgan fingerprint density at radius 1 is 1.35 bits per heavy atom. The van der Waals surface area contributed by atoms with Crippen molar-refractivity contribution >= 4 is 28.5 Å². The zero-order chi connectivity index (χ0) is 13.9. The summed E-state index contributed by atoms with van der Waals surface area (Å²) in [6.07, 6.45) is 0. The van der Waals surface area contributed by atoms with E-state index in [0.29, 0.717) is 13.2 Å². The molecule has 2 aromatic carbocycles. The Hall–Kier alpha value is -1.68. The molecule has 1 unspecified atom stereocenters. The van der Waals surface area contributed by atoms with Crippen molar-refractivity contribution in [1.29, 1.82) is 0 Å². The van der Waals surface area contributed by atoms with E-state index in [1.165, 1.54) is 0 Å². The van der Waals surface area contributed by atoms with Crippen molar-refractivity contribution in [2.24, 2.45) is 0 Å². The molecule has 20 heavy (non-hydrogen) atoms. The van der Waals surface area contributed by atoms with Crippen molar-refractivity contribution in [2.75, 3.05) is 19.0 Å². The number of fused-ring (bicyclic) bond motifs is 3. The van der Waals surface area contributed by atoms with E-state index in [2.05, 4.69) is 6.07 Å². The van der Waals surface area contributed by atoms with Gasteiger partial charge in [0.1, 0.15) is 11.0 Å². The quantitative estimate of drug-likeness (QED) is 0.791. The first kappa shape index (κ1) is 13.3. The standard InChI is InChI=1S/C16H16O3S/c1-2-18-16(17)15-13-8-7-11-5-3-4-6-12(11)14(13)19-9-10-20-15/h3-8,15H,2,9-10H2,1H3. The molecule has 2 aromatic rings. The van der Waals surface area contributed by atoms with E-state index in [4.69, 9.17) is 9.47 Å². The maximum absolute atomic E-state index is 12.2. The van der Waals surface area contributed by atoms with Gasteiger partial charge in [0, 0.05) is 16.7 Å². The minimum absolute atomic E-state index is 0.181. The molecule has 4 heteroatoms. The summed E-state index contributed by atoms with van der Waals surface area (Å²) >= 11 is 1.58. The summed E-state index contributed by atoms with van der Waals surface area (Å²) in [6, 6.07) is 12.1. The third-order valence-corrected chi connectivity index (χ3v) is 4.49. The maximum atomic E-state index is 12.2. The normalized spacial score (nSPS) is 17.9. The number of hydrogen-bond donors (Lipinski definition) is 0. The van der Waals surface area contributed by atoms with Gasteiger partial charge < -0.3 is 9.47 Å². The van der Waals surface area contributed by atoms with Crippen LogP contribution in [-0.2, 0) is 9.53 Å². The third kappa shape index (κ3) is 2.36. The molecule has 0 fully saturated rings. The van der Waals surface area contributed by atoms with Gasteiger partial charge >= 0.3 is 5.97 Å². The highest BCUT2D eigenvalue weighted by Gasteiger charge is 2.28. The molecule has 0 saturated carbocycles. The largest absolute Gasteiger partial charge is 0.492 e. The van der Waals surface area contributed by atoms with Crippen molar-refractivity contribution in [2.45, 2.75) is 12.2 Å². The zero-order valence-corrected chi connectivity index (χ0v) is 12.1. The Kier molecular flexibility index (Phi) is 3.83. The number of benzene rings is 2. The molecule has 0 amide bonds. The summed E-state index contributed by atoms with van der Waals surface area (Å²) in [5.74, 6) is 1.43. The van der Waals surface area contributed by atoms with Gasteiger partial charge in [0.2, 0.25) is 0 Å². The first-order valence-corrected chi connectivity index (χ1v) is 7.79. The van der Waals surface area contributed by atoms with Crippen molar-refractivity contribution in [3.8, 4) is 5.75 Å². The second-order valence-corrected chi connectivity index (χ2v) is 5.77. The van der Waals surface area contributed by atoms with Gasteiger partial charge in [-0.25, -0.2) is 0 Å². The van der Waals surface area contributed by atoms with Crippen molar-refractivity contribution in [3.63, 3.8) is 0 Å². The van der Waals surface area contributed by atoms with E-state index >= 15 is 0 Å². The molecule has 1 aliphatic heterocycles. The number of thioether (sulfide) groups is 1. The second-order valence-electron chi connectivity index (χ2n) is 4.56. The van der Waals surface area contributed by atoms with E-state index < -0.39 is 0 Å². The van der Waals surface area contributed by atoms with Gasteiger partial charge in [0.15, 0.2) is 0 Å². The lowest BCUT2D eigenvalue weighted by Gasteiger charge is -2.16. The average molecular weight is 288 g/mol. The summed E-state index contributed by atoms with van der Waals surface area (Å²) in [6.45, 7) is 2.85. The Morgan fingerprint density at radius 2 is 2.20 bits per heavy atom. The summed E-state index contributed by atoms with van der Waals surface area (Å²) in [7, 11) is 0. The summed E-state index contributed by atoms with van der Waals surface area (Å²) in [5, 5.41) is 1.89. The van der Waals surface area contributed by atoms with Gasteiger partial charge in [-0.2, -0.15) is 0 Å². The van der Waals surface area contributed by atoms with Crippen LogP contribution in [0.15, 0.2) is 36.4 Å². The van der Waals surface area contributed by atoms with Crippen LogP contribution >= 0.6 is 11.8 Å². The lowest BCUT2D eigenvalue weighted by Crippen LogP contribution is -2.13. The highest BCUT2D eigenvalue weighted by molar-refractivity contribution is 8.00. The minimum atomic E-state index is -0.294. The van der Waals surface area contributed by atoms with E-state index in [1.807, 2.05) is 37.3 Å². The van der Waals surface area contributed by atoms with Crippen LogP contribution in [0.2, 0.25) is 0 Å². The number of esters is 1. The van der Waals surface area contributed by atoms with E-state index in [0.717, 1.165) is 27.8 Å². The van der Waals surface area contributed by atoms with Crippen LogP contribution in [0.25, 0.3) is 10.8 Å². The van der Waals surface area contributed by atoms with Gasteiger partial charge in [0.25, 0.3) is 0 Å². The molecule has 1 heterocycles. The van der Waals surface area contributed by atoms with Crippen LogP contribution in [0.5, 0.6) is 5.75 Å². The fraction of sp³-hybridized carbons (Fsp3) is 0.312. The fourth-order valence-corrected chi connectivity index (χ4v) is 3.42. The molecule has 0 spiro atoms. The van der Waals surface area contributed by atoms with Crippen molar-refractivity contribution in [3.05, 3.63) is 42.0 Å². The Labute approximate surface area is 122 Å². The molecule has 0 bridgehead atoms. The van der Waals surface area contributed by atoms with Gasteiger partial charge in [-0.1, -0.05) is 36.4 Å². The lowest BCUT2D eigenvalue weighted by molar-refractivity contribution is -0.142. The molecule has 0 aromatic heterocycles. The molecule has 0 N–H and O–H groups in total. The molecule has 1 atom stereocenters. The van der Waals surface area contributed by atoms with Gasteiger partial charge in [-0.3, -0.25) is 4.79 Å². The molecule has 0 radical (unpaired) electrons. The molecule has 0 aliphatic carbocycles. The third-order valence-electron chi connectivity index (χ3n) is 3.31. The number of ether oxygens (including phenoxy) is 2. The first-order chi connectivity index (χ1) is 9.81. The first-order valence-electron chi connectivity index (χ1n) is 6.74. The van der Waals surface area contributed by atoms with Crippen LogP contribution in [0.3, 0.4) is 0 Å². The number of carbonyl (C=O) groups excluding carboxylic acids is 1. The Bertz CT molecular complexity index is 639. The number of hydrogen-bond acceptors (Lipinski definition) is 4. The lowest BCUT2D eigenvalue weighted by atomic mass is 10.0. The molecular formula is C16H16O3S. The van der Waals surface area contributed by atoms with Crippen LogP contribution in [0, 0.1) is 0 Å². The number of carbonyl (C=O) groups is 1. The second kappa shape index (κ2) is 5.75. The maximum Gasteiger partial charge on any atom is 0.323 e. The summed E-state index contributed by atoms with van der Waals surface area (Å²) in [5.41, 5.74) is 0.921. The van der Waals surface area contributed by atoms with Crippen LogP contribution in [0.4, 0.5) is 0 Å². The summed E-state index contributed by atoms with van der Waals surface area (Å²) < 4.78 is 11.1. The van der Waals surface area contributed by atoms with Crippen molar-refractivity contribution < 1.29 is 14.3 Å². The zero-order valence-electron chi connectivity index (χ0n) is 11.3. The Morgan fingerprint density at radius 3 is 3.05 bits per heavy atom. The predicted molar refractivity (Wildman–Crippen MR) is 81.3 cm³/mol. The van der Waals surface area contributed by atoms with E-state index in [9.17, 15) is 4.79 Å². The topological polar surface area (TPSA) is 35.5 Å². The highest BCUT2D eigenvalue weighted by Crippen LogP contribution is 2.42. The monoisotopic (exact) mass is 288 g/mol. The fourth-order valence-electron chi connectivity index (χ4n) is 2.44.